The quantitative estimate of drug-likeness (QED) is 0.457. The van der Waals surface area contributed by atoms with Crippen LogP contribution in [-0.4, -0.2) is 0 Å². The maximum atomic E-state index is 13.4. The van der Waals surface area contributed by atoms with Crippen LogP contribution in [0.5, 0.6) is 11.5 Å². The van der Waals surface area contributed by atoms with Crippen LogP contribution in [0.4, 0.5) is 4.53 Å². The zero-order valence-electron chi connectivity index (χ0n) is 19.1. The van der Waals surface area contributed by atoms with Crippen molar-refractivity contribution in [3.05, 3.63) is 59.2 Å². The van der Waals surface area contributed by atoms with Crippen molar-refractivity contribution in [2.75, 3.05) is 0 Å². The minimum atomic E-state index is -2.24. The molecule has 0 spiro atoms. The predicted molar refractivity (Wildman–Crippen MR) is 119 cm³/mol. The van der Waals surface area contributed by atoms with Crippen molar-refractivity contribution >= 4 is 8.60 Å². The highest BCUT2D eigenvalue weighted by molar-refractivity contribution is 7.42. The summed E-state index contributed by atoms with van der Waals surface area (Å²) in [7, 11) is -2.24. The van der Waals surface area contributed by atoms with Gasteiger partial charge in [0.25, 0.3) is 0 Å². The Balaban J connectivity index is 2.37. The van der Waals surface area contributed by atoms with E-state index in [1.165, 1.54) is 5.56 Å². The number of hydrogen-bond donors (Lipinski definition) is 0. The van der Waals surface area contributed by atoms with E-state index in [2.05, 4.69) is 73.1 Å². The molecule has 2 rings (SSSR count). The fraction of sp³-hybridized carbons (Fsp3) is 0.500. The molecule has 2 aromatic rings. The second-order valence-electron chi connectivity index (χ2n) is 10.4. The third kappa shape index (κ3) is 6.17. The van der Waals surface area contributed by atoms with Gasteiger partial charge in [0.1, 0.15) is 11.5 Å². The van der Waals surface area contributed by atoms with Gasteiger partial charge < -0.3 is 9.05 Å². The Bertz CT molecular complexity index is 829. The summed E-state index contributed by atoms with van der Waals surface area (Å²) in [5.74, 6) is 1.13. The summed E-state index contributed by atoms with van der Waals surface area (Å²) in [5, 5.41) is 0. The van der Waals surface area contributed by atoms with Crippen molar-refractivity contribution in [3.63, 3.8) is 0 Å². The molecule has 0 heterocycles. The number of para-hydroxylation sites is 1. The van der Waals surface area contributed by atoms with Gasteiger partial charge in [0.2, 0.25) is 0 Å². The normalized spacial score (nSPS) is 13.9. The smallest absolute Gasteiger partial charge is 0.416 e. The van der Waals surface area contributed by atoms with Crippen LogP contribution in [0.2, 0.25) is 0 Å². The van der Waals surface area contributed by atoms with E-state index < -0.39 is 8.60 Å². The molecular formula is C24H34FO3P. The molecular weight excluding hydrogens is 386 g/mol. The van der Waals surface area contributed by atoms with Gasteiger partial charge in [0.05, 0.1) is 0 Å². The van der Waals surface area contributed by atoms with E-state index in [1.54, 1.807) is 0 Å². The highest BCUT2D eigenvalue weighted by Gasteiger charge is 2.28. The van der Waals surface area contributed by atoms with E-state index in [1.807, 2.05) is 36.4 Å². The molecule has 0 aromatic heterocycles. The van der Waals surface area contributed by atoms with Gasteiger partial charge in [-0.25, -0.2) is 0 Å². The molecule has 0 saturated heterocycles. The molecule has 0 fully saturated rings. The van der Waals surface area contributed by atoms with Gasteiger partial charge in [0, 0.05) is 11.1 Å². The molecule has 160 valence electrons. The standard InChI is InChI=1S/C24H34FO3P/c1-22(2,3)17-14-15-21(19(16-17)24(7,8)9)27-29(28-25)26-20-13-11-10-12-18(20)23(4,5)6/h10-16H,1-9H3. The summed E-state index contributed by atoms with van der Waals surface area (Å²) >= 11 is 0. The van der Waals surface area contributed by atoms with Gasteiger partial charge in [-0.05, 0) is 38.5 Å². The van der Waals surface area contributed by atoms with Crippen molar-refractivity contribution in [2.24, 2.45) is 0 Å². The first kappa shape index (κ1) is 23.6. The molecule has 0 aliphatic heterocycles. The Hall–Kier alpha value is -1.64. The lowest BCUT2D eigenvalue weighted by Gasteiger charge is -2.28. The second kappa shape index (κ2) is 8.62. The maximum absolute atomic E-state index is 13.4. The molecule has 29 heavy (non-hydrogen) atoms. The largest absolute Gasteiger partial charge is 0.497 e. The van der Waals surface area contributed by atoms with Crippen molar-refractivity contribution in [1.82, 2.24) is 0 Å². The third-order valence-corrected chi connectivity index (χ3v) is 5.56. The van der Waals surface area contributed by atoms with Crippen LogP contribution in [0.15, 0.2) is 42.5 Å². The summed E-state index contributed by atoms with van der Waals surface area (Å²) in [5.41, 5.74) is 2.81. The SMILES string of the molecule is CC(C)(C)c1ccc(OP(OF)Oc2ccccc2C(C)(C)C)c(C(C)(C)C)c1. The Morgan fingerprint density at radius 1 is 0.655 bits per heavy atom. The average molecular weight is 421 g/mol. The zero-order valence-corrected chi connectivity index (χ0v) is 20.0. The minimum absolute atomic E-state index is 0.00199. The second-order valence-corrected chi connectivity index (χ2v) is 11.4. The molecule has 2 aromatic carbocycles. The van der Waals surface area contributed by atoms with Crippen LogP contribution in [-0.2, 0) is 21.0 Å². The highest BCUT2D eigenvalue weighted by Crippen LogP contribution is 2.47. The molecule has 0 radical (unpaired) electrons. The molecule has 0 saturated carbocycles. The van der Waals surface area contributed by atoms with Crippen LogP contribution in [0.3, 0.4) is 0 Å². The van der Waals surface area contributed by atoms with Gasteiger partial charge in [-0.2, -0.15) is 0 Å². The molecule has 1 unspecified atom stereocenters. The molecule has 0 amide bonds. The maximum Gasteiger partial charge on any atom is 0.497 e. The van der Waals surface area contributed by atoms with E-state index >= 15 is 0 Å². The van der Waals surface area contributed by atoms with Gasteiger partial charge >= 0.3 is 8.60 Å². The van der Waals surface area contributed by atoms with Gasteiger partial charge in [-0.15, -0.1) is 0 Å². The minimum Gasteiger partial charge on any atom is -0.416 e. The zero-order chi connectivity index (χ0) is 22.0. The lowest BCUT2D eigenvalue weighted by atomic mass is 9.80. The Labute approximate surface area is 176 Å². The van der Waals surface area contributed by atoms with Gasteiger partial charge in [-0.1, -0.05) is 97.4 Å². The van der Waals surface area contributed by atoms with Crippen LogP contribution < -0.4 is 9.05 Å². The fourth-order valence-electron chi connectivity index (χ4n) is 3.04. The van der Waals surface area contributed by atoms with Crippen LogP contribution in [0.1, 0.15) is 79.0 Å². The summed E-state index contributed by atoms with van der Waals surface area (Å²) in [6.07, 6.45) is 0. The van der Waals surface area contributed by atoms with E-state index in [0.717, 1.165) is 11.1 Å². The van der Waals surface area contributed by atoms with E-state index in [4.69, 9.17) is 9.05 Å². The van der Waals surface area contributed by atoms with Gasteiger partial charge in [0.15, 0.2) is 0 Å². The number of benzene rings is 2. The van der Waals surface area contributed by atoms with Crippen LogP contribution in [0, 0.1) is 0 Å². The first-order valence-electron chi connectivity index (χ1n) is 9.93. The topological polar surface area (TPSA) is 27.7 Å². The molecule has 3 nitrogen and oxygen atoms in total. The summed E-state index contributed by atoms with van der Waals surface area (Å²) < 4.78 is 29.3. The third-order valence-electron chi connectivity index (χ3n) is 4.75. The molecule has 5 heteroatoms. The Morgan fingerprint density at radius 2 is 1.17 bits per heavy atom. The molecule has 0 N–H and O–H groups in total. The fourth-order valence-corrected chi connectivity index (χ4v) is 3.77. The van der Waals surface area contributed by atoms with Crippen molar-refractivity contribution in [2.45, 2.75) is 78.6 Å². The van der Waals surface area contributed by atoms with E-state index in [-0.39, 0.29) is 16.2 Å². The van der Waals surface area contributed by atoms with Gasteiger partial charge in [-0.3, -0.25) is 0 Å². The molecule has 0 bridgehead atoms. The lowest BCUT2D eigenvalue weighted by Crippen LogP contribution is -2.17. The van der Waals surface area contributed by atoms with Crippen LogP contribution in [0.25, 0.3) is 0 Å². The molecule has 0 aliphatic carbocycles. The molecule has 1 atom stereocenters. The monoisotopic (exact) mass is 420 g/mol. The summed E-state index contributed by atoms with van der Waals surface area (Å²) in [6.45, 7) is 19.1. The lowest BCUT2D eigenvalue weighted by molar-refractivity contribution is -0.0159. The van der Waals surface area contributed by atoms with Crippen molar-refractivity contribution in [1.29, 1.82) is 0 Å². The van der Waals surface area contributed by atoms with E-state index in [0.29, 0.717) is 11.5 Å². The number of hydrogen-bond acceptors (Lipinski definition) is 3. The number of rotatable bonds is 5. The molecule has 0 aliphatic rings. The first-order valence-corrected chi connectivity index (χ1v) is 11.0. The highest BCUT2D eigenvalue weighted by atomic mass is 31.2. The number of halogens is 1. The van der Waals surface area contributed by atoms with Crippen molar-refractivity contribution in [3.8, 4) is 11.5 Å². The first-order chi connectivity index (χ1) is 13.2. The summed E-state index contributed by atoms with van der Waals surface area (Å²) in [6, 6.07) is 13.6. The van der Waals surface area contributed by atoms with Crippen molar-refractivity contribution < 1.29 is 18.3 Å². The Morgan fingerprint density at radius 3 is 1.66 bits per heavy atom. The van der Waals surface area contributed by atoms with Crippen LogP contribution >= 0.6 is 8.60 Å². The summed E-state index contributed by atoms with van der Waals surface area (Å²) in [4.78, 5) is 0. The Kier molecular flexibility index (Phi) is 7.02. The average Bonchev–Trinajstić information content (AvgIpc) is 2.59. The van der Waals surface area contributed by atoms with E-state index in [9.17, 15) is 4.53 Å². The predicted octanol–water partition coefficient (Wildman–Crippen LogP) is 8.16.